The fourth-order valence-corrected chi connectivity index (χ4v) is 4.96. The molecule has 1 aromatic heterocycles. The molecule has 3 atom stereocenters. The van der Waals surface area contributed by atoms with Crippen LogP contribution in [-0.2, 0) is 15.7 Å². The van der Waals surface area contributed by atoms with Gasteiger partial charge in [0, 0.05) is 30.4 Å². The summed E-state index contributed by atoms with van der Waals surface area (Å²) in [5.41, 5.74) is 6.31. The summed E-state index contributed by atoms with van der Waals surface area (Å²) in [6, 6.07) is 6.78. The SMILES string of the molecule is COc1ccncc1C1CN(C(=O)C2(N)CCCCC2c2ccc(C(F)(F)F)cc2)CCO1. The molecule has 1 saturated carbocycles. The third-order valence-corrected chi connectivity index (χ3v) is 6.72. The first kappa shape index (κ1) is 23.5. The Hall–Kier alpha value is -2.65. The fraction of sp³-hybridized carbons (Fsp3) is 0.500. The number of alkyl halides is 3. The van der Waals surface area contributed by atoms with Crippen molar-refractivity contribution in [1.82, 2.24) is 9.88 Å². The van der Waals surface area contributed by atoms with Crippen LogP contribution in [0.1, 0.15) is 54.4 Å². The number of carbonyl (C=O) groups excluding carboxylic acids is 1. The number of carbonyl (C=O) groups is 1. The van der Waals surface area contributed by atoms with Gasteiger partial charge >= 0.3 is 6.18 Å². The molecular formula is C24H28F3N3O3. The molecule has 2 aliphatic rings. The van der Waals surface area contributed by atoms with Gasteiger partial charge in [-0.3, -0.25) is 9.78 Å². The standard InChI is InChI=1S/C24H28F3N3O3/c1-32-20-9-11-29-14-18(20)21-15-30(12-13-33-21)22(31)23(28)10-3-2-4-19(23)16-5-7-17(8-6-16)24(25,26)27/h5-9,11,14,19,21H,2-4,10,12-13,15,28H2,1H3. The number of hydrogen-bond acceptors (Lipinski definition) is 5. The van der Waals surface area contributed by atoms with Crippen LogP contribution in [0.4, 0.5) is 13.2 Å². The maximum absolute atomic E-state index is 13.7. The molecule has 1 amide bonds. The first-order valence-electron chi connectivity index (χ1n) is 11.1. The molecule has 1 saturated heterocycles. The summed E-state index contributed by atoms with van der Waals surface area (Å²) in [6.07, 6.45) is 1.29. The van der Waals surface area contributed by atoms with E-state index in [1.165, 1.54) is 12.1 Å². The number of morpholine rings is 1. The van der Waals surface area contributed by atoms with Crippen LogP contribution in [0.5, 0.6) is 5.75 Å². The number of methoxy groups -OCH3 is 1. The zero-order valence-electron chi connectivity index (χ0n) is 18.5. The van der Waals surface area contributed by atoms with Crippen molar-refractivity contribution in [3.63, 3.8) is 0 Å². The molecule has 33 heavy (non-hydrogen) atoms. The predicted octanol–water partition coefficient (Wildman–Crippen LogP) is 4.06. The molecule has 4 rings (SSSR count). The minimum atomic E-state index is -4.41. The Labute approximate surface area is 190 Å². The van der Waals surface area contributed by atoms with Gasteiger partial charge in [-0.15, -0.1) is 0 Å². The normalized spacial score (nSPS) is 26.2. The lowest BCUT2D eigenvalue weighted by molar-refractivity contribution is -0.147. The van der Waals surface area contributed by atoms with Crippen molar-refractivity contribution in [3.05, 3.63) is 59.4 Å². The van der Waals surface area contributed by atoms with Gasteiger partial charge in [0.2, 0.25) is 5.91 Å². The van der Waals surface area contributed by atoms with Crippen molar-refractivity contribution in [1.29, 1.82) is 0 Å². The monoisotopic (exact) mass is 463 g/mol. The quantitative estimate of drug-likeness (QED) is 0.740. The highest BCUT2D eigenvalue weighted by atomic mass is 19.4. The van der Waals surface area contributed by atoms with Gasteiger partial charge in [-0.2, -0.15) is 13.2 Å². The molecule has 2 aromatic rings. The first-order valence-corrected chi connectivity index (χ1v) is 11.1. The van der Waals surface area contributed by atoms with Crippen molar-refractivity contribution in [2.75, 3.05) is 26.8 Å². The number of benzene rings is 1. The Kier molecular flexibility index (Phi) is 6.63. The fourth-order valence-electron chi connectivity index (χ4n) is 4.96. The maximum atomic E-state index is 13.7. The van der Waals surface area contributed by atoms with E-state index in [2.05, 4.69) is 4.98 Å². The second kappa shape index (κ2) is 9.30. The van der Waals surface area contributed by atoms with Crippen LogP contribution in [-0.4, -0.2) is 48.1 Å². The molecule has 178 valence electrons. The minimum Gasteiger partial charge on any atom is -0.496 e. The summed E-state index contributed by atoms with van der Waals surface area (Å²) in [6.45, 7) is 1.05. The number of halogens is 3. The van der Waals surface area contributed by atoms with Crippen molar-refractivity contribution in [3.8, 4) is 5.75 Å². The van der Waals surface area contributed by atoms with Gasteiger partial charge in [-0.1, -0.05) is 25.0 Å². The van der Waals surface area contributed by atoms with E-state index in [1.54, 1.807) is 30.5 Å². The van der Waals surface area contributed by atoms with Gasteiger partial charge in [0.15, 0.2) is 0 Å². The highest BCUT2D eigenvalue weighted by Crippen LogP contribution is 2.42. The molecule has 1 aliphatic heterocycles. The lowest BCUT2D eigenvalue weighted by Crippen LogP contribution is -2.61. The maximum Gasteiger partial charge on any atom is 0.416 e. The lowest BCUT2D eigenvalue weighted by Gasteiger charge is -2.45. The molecule has 6 nitrogen and oxygen atoms in total. The number of pyridine rings is 1. The smallest absolute Gasteiger partial charge is 0.416 e. The first-order chi connectivity index (χ1) is 15.7. The van der Waals surface area contributed by atoms with Crippen molar-refractivity contribution >= 4 is 5.91 Å². The number of nitrogens with zero attached hydrogens (tertiary/aromatic N) is 2. The molecule has 3 unspecified atom stereocenters. The van der Waals surface area contributed by atoms with Gasteiger partial charge in [-0.25, -0.2) is 0 Å². The summed E-state index contributed by atoms with van der Waals surface area (Å²) in [7, 11) is 1.57. The number of rotatable bonds is 4. The largest absolute Gasteiger partial charge is 0.496 e. The van der Waals surface area contributed by atoms with Crippen LogP contribution >= 0.6 is 0 Å². The van der Waals surface area contributed by atoms with Crippen LogP contribution in [0.25, 0.3) is 0 Å². The van der Waals surface area contributed by atoms with Gasteiger partial charge in [0.05, 0.1) is 25.8 Å². The summed E-state index contributed by atoms with van der Waals surface area (Å²) >= 11 is 0. The average Bonchev–Trinajstić information content (AvgIpc) is 2.83. The second-order valence-electron chi connectivity index (χ2n) is 8.69. The van der Waals surface area contributed by atoms with Crippen molar-refractivity contribution in [2.24, 2.45) is 5.73 Å². The Morgan fingerprint density at radius 2 is 2.00 bits per heavy atom. The summed E-state index contributed by atoms with van der Waals surface area (Å²) in [5.74, 6) is 0.0885. The van der Waals surface area contributed by atoms with E-state index in [-0.39, 0.29) is 11.8 Å². The molecule has 9 heteroatoms. The summed E-state index contributed by atoms with van der Waals surface area (Å²) in [5, 5.41) is 0. The molecule has 0 radical (unpaired) electrons. The molecule has 1 aromatic carbocycles. The van der Waals surface area contributed by atoms with E-state index in [0.717, 1.165) is 30.5 Å². The summed E-state index contributed by atoms with van der Waals surface area (Å²) < 4.78 is 50.3. The molecule has 1 aliphatic carbocycles. The van der Waals surface area contributed by atoms with Gasteiger partial charge in [-0.05, 0) is 36.6 Å². The number of amides is 1. The van der Waals surface area contributed by atoms with Crippen LogP contribution in [0.2, 0.25) is 0 Å². The van der Waals surface area contributed by atoms with Gasteiger partial charge in [0.25, 0.3) is 0 Å². The van der Waals surface area contributed by atoms with E-state index in [0.29, 0.717) is 43.9 Å². The molecular weight excluding hydrogens is 435 g/mol. The Morgan fingerprint density at radius 1 is 1.24 bits per heavy atom. The minimum absolute atomic E-state index is 0.191. The molecule has 2 fully saturated rings. The number of aromatic nitrogens is 1. The van der Waals surface area contributed by atoms with Crippen molar-refractivity contribution < 1.29 is 27.4 Å². The van der Waals surface area contributed by atoms with E-state index in [1.807, 2.05) is 0 Å². The highest BCUT2D eigenvalue weighted by Gasteiger charge is 2.47. The van der Waals surface area contributed by atoms with E-state index in [4.69, 9.17) is 15.2 Å². The van der Waals surface area contributed by atoms with Crippen LogP contribution in [0.15, 0.2) is 42.7 Å². The average molecular weight is 464 g/mol. The van der Waals surface area contributed by atoms with Crippen LogP contribution in [0, 0.1) is 0 Å². The highest BCUT2D eigenvalue weighted by molar-refractivity contribution is 5.88. The second-order valence-corrected chi connectivity index (χ2v) is 8.69. The topological polar surface area (TPSA) is 77.7 Å². The van der Waals surface area contributed by atoms with Gasteiger partial charge in [0.1, 0.15) is 17.4 Å². The van der Waals surface area contributed by atoms with Crippen molar-refractivity contribution in [2.45, 2.75) is 49.4 Å². The third kappa shape index (κ3) is 4.70. The van der Waals surface area contributed by atoms with E-state index >= 15 is 0 Å². The Balaban J connectivity index is 1.57. The van der Waals surface area contributed by atoms with Crippen LogP contribution in [0.3, 0.4) is 0 Å². The van der Waals surface area contributed by atoms with Crippen LogP contribution < -0.4 is 10.5 Å². The van der Waals surface area contributed by atoms with E-state index in [9.17, 15) is 18.0 Å². The summed E-state index contributed by atoms with van der Waals surface area (Å²) in [4.78, 5) is 19.6. The number of ether oxygens (including phenoxy) is 2. The zero-order chi connectivity index (χ0) is 23.6. The zero-order valence-corrected chi connectivity index (χ0v) is 18.5. The molecule has 0 spiro atoms. The number of hydrogen-bond donors (Lipinski definition) is 1. The Bertz CT molecular complexity index is 983. The Morgan fingerprint density at radius 3 is 2.70 bits per heavy atom. The van der Waals surface area contributed by atoms with Gasteiger partial charge < -0.3 is 20.1 Å². The molecule has 0 bridgehead atoms. The molecule has 2 heterocycles. The molecule has 2 N–H and O–H groups in total. The number of nitrogens with two attached hydrogens (primary N) is 1. The lowest BCUT2D eigenvalue weighted by atomic mass is 9.69. The van der Waals surface area contributed by atoms with E-state index < -0.39 is 23.4 Å². The predicted molar refractivity (Wildman–Crippen MR) is 116 cm³/mol. The third-order valence-electron chi connectivity index (χ3n) is 6.72.